The molecule has 0 spiro atoms. The molecule has 0 aliphatic carbocycles. The lowest BCUT2D eigenvalue weighted by Gasteiger charge is -2.20. The van der Waals surface area contributed by atoms with Crippen molar-refractivity contribution in [1.82, 2.24) is 15.5 Å². The van der Waals surface area contributed by atoms with Gasteiger partial charge in [-0.2, -0.15) is 0 Å². The largest absolute Gasteiger partial charge is 0.352 e. The molecule has 3 rings (SSSR count). The average Bonchev–Trinajstić information content (AvgIpc) is 3.34. The second-order valence-corrected chi connectivity index (χ2v) is 10.4. The topological polar surface area (TPSA) is 90.5 Å². The van der Waals surface area contributed by atoms with E-state index in [-0.39, 0.29) is 30.7 Å². The summed E-state index contributed by atoms with van der Waals surface area (Å²) in [6, 6.07) is 17.6. The van der Waals surface area contributed by atoms with Gasteiger partial charge in [0, 0.05) is 29.2 Å². The molecule has 37 heavy (non-hydrogen) atoms. The highest BCUT2D eigenvalue weighted by molar-refractivity contribution is 7.13. The molecule has 0 aliphatic rings. The van der Waals surface area contributed by atoms with Crippen molar-refractivity contribution in [1.29, 1.82) is 0 Å². The van der Waals surface area contributed by atoms with Crippen LogP contribution in [0.25, 0.3) is 0 Å². The molecule has 0 aliphatic heterocycles. The molecule has 0 saturated heterocycles. The van der Waals surface area contributed by atoms with E-state index in [1.54, 1.807) is 30.3 Å². The standard InChI is InChI=1S/C29H36N4O3S/c1-5-33(4)18-16-23-19-24(13-11-20(23)2)31-28(35)25(32-29(36)26-14-12-21(3)37-26)15-17-30-27(34)22-9-7-6-8-10-22/h6-14,19,25H,5,15-18H2,1-4H3,(H,30,34)(H,31,35)(H,32,36)/t25-/m1/s1. The van der Waals surface area contributed by atoms with Crippen molar-refractivity contribution in [3.63, 3.8) is 0 Å². The number of amides is 3. The average molecular weight is 521 g/mol. The molecular weight excluding hydrogens is 484 g/mol. The summed E-state index contributed by atoms with van der Waals surface area (Å²) in [6.07, 6.45) is 1.13. The number of nitrogens with zero attached hydrogens (tertiary/aromatic N) is 1. The molecule has 1 atom stereocenters. The van der Waals surface area contributed by atoms with Gasteiger partial charge in [0.05, 0.1) is 4.88 Å². The third-order valence-electron chi connectivity index (χ3n) is 6.26. The first-order valence-corrected chi connectivity index (χ1v) is 13.4. The number of rotatable bonds is 12. The van der Waals surface area contributed by atoms with Gasteiger partial charge in [-0.15, -0.1) is 11.3 Å². The van der Waals surface area contributed by atoms with Gasteiger partial charge in [-0.25, -0.2) is 0 Å². The van der Waals surface area contributed by atoms with E-state index in [2.05, 4.69) is 41.7 Å². The van der Waals surface area contributed by atoms with Gasteiger partial charge >= 0.3 is 0 Å². The zero-order valence-corrected chi connectivity index (χ0v) is 22.8. The van der Waals surface area contributed by atoms with E-state index in [4.69, 9.17) is 0 Å². The SMILES string of the molecule is CCN(C)CCc1cc(NC(=O)[C@@H](CCNC(=O)c2ccccc2)NC(=O)c2ccc(C)s2)ccc1C. The molecule has 2 aromatic carbocycles. The number of likely N-dealkylation sites (N-methyl/N-ethyl adjacent to an activating group) is 1. The van der Waals surface area contributed by atoms with Gasteiger partial charge in [0.1, 0.15) is 6.04 Å². The third kappa shape index (κ3) is 8.55. The van der Waals surface area contributed by atoms with Crippen LogP contribution in [0.15, 0.2) is 60.7 Å². The van der Waals surface area contributed by atoms with E-state index in [9.17, 15) is 14.4 Å². The highest BCUT2D eigenvalue weighted by atomic mass is 32.1. The van der Waals surface area contributed by atoms with Crippen molar-refractivity contribution in [2.45, 2.75) is 39.7 Å². The molecule has 0 radical (unpaired) electrons. The summed E-state index contributed by atoms with van der Waals surface area (Å²) in [4.78, 5) is 42.4. The Morgan fingerprint density at radius 1 is 0.973 bits per heavy atom. The van der Waals surface area contributed by atoms with Crippen LogP contribution < -0.4 is 16.0 Å². The summed E-state index contributed by atoms with van der Waals surface area (Å²) < 4.78 is 0. The Hall–Kier alpha value is -3.49. The lowest BCUT2D eigenvalue weighted by Crippen LogP contribution is -2.45. The summed E-state index contributed by atoms with van der Waals surface area (Å²) in [6.45, 7) is 8.25. The number of thiophene rings is 1. The van der Waals surface area contributed by atoms with Crippen LogP contribution in [0.5, 0.6) is 0 Å². The first kappa shape index (κ1) is 28.1. The smallest absolute Gasteiger partial charge is 0.262 e. The van der Waals surface area contributed by atoms with Gasteiger partial charge in [-0.3, -0.25) is 14.4 Å². The maximum atomic E-state index is 13.3. The monoisotopic (exact) mass is 520 g/mol. The Labute approximate surface area is 223 Å². The van der Waals surface area contributed by atoms with Crippen LogP contribution in [0.4, 0.5) is 5.69 Å². The number of benzene rings is 2. The Morgan fingerprint density at radius 3 is 2.41 bits per heavy atom. The number of carbonyl (C=O) groups excluding carboxylic acids is 3. The molecule has 7 nitrogen and oxygen atoms in total. The van der Waals surface area contributed by atoms with Crippen LogP contribution in [-0.4, -0.2) is 55.3 Å². The molecule has 0 bridgehead atoms. The zero-order valence-electron chi connectivity index (χ0n) is 22.0. The maximum Gasteiger partial charge on any atom is 0.262 e. The summed E-state index contributed by atoms with van der Waals surface area (Å²) in [5.41, 5.74) is 3.57. The first-order chi connectivity index (χ1) is 17.8. The summed E-state index contributed by atoms with van der Waals surface area (Å²) in [5, 5.41) is 8.66. The van der Waals surface area contributed by atoms with Gasteiger partial charge in [-0.05, 0) is 87.8 Å². The molecule has 1 aromatic heterocycles. The summed E-state index contributed by atoms with van der Waals surface area (Å²) in [7, 11) is 2.08. The van der Waals surface area contributed by atoms with Crippen molar-refractivity contribution >= 4 is 34.7 Å². The molecular formula is C29H36N4O3S. The predicted molar refractivity (Wildman–Crippen MR) is 150 cm³/mol. The first-order valence-electron chi connectivity index (χ1n) is 12.6. The van der Waals surface area contributed by atoms with Crippen molar-refractivity contribution in [2.24, 2.45) is 0 Å². The van der Waals surface area contributed by atoms with Gasteiger partial charge in [-0.1, -0.05) is 31.2 Å². The van der Waals surface area contributed by atoms with Gasteiger partial charge < -0.3 is 20.9 Å². The number of aryl methyl sites for hydroxylation is 2. The van der Waals surface area contributed by atoms with Crippen molar-refractivity contribution in [2.75, 3.05) is 32.0 Å². The highest BCUT2D eigenvalue weighted by Crippen LogP contribution is 2.18. The Bertz CT molecular complexity index is 1210. The zero-order chi connectivity index (χ0) is 26.8. The minimum absolute atomic E-state index is 0.222. The second kappa shape index (κ2) is 13.7. The van der Waals surface area contributed by atoms with Gasteiger partial charge in [0.2, 0.25) is 5.91 Å². The van der Waals surface area contributed by atoms with Crippen LogP contribution in [0.2, 0.25) is 0 Å². The molecule has 8 heteroatoms. The van der Waals surface area contributed by atoms with Crippen LogP contribution in [-0.2, 0) is 11.2 Å². The van der Waals surface area contributed by atoms with Gasteiger partial charge in [0.15, 0.2) is 0 Å². The number of hydrogen-bond acceptors (Lipinski definition) is 5. The third-order valence-corrected chi connectivity index (χ3v) is 7.26. The summed E-state index contributed by atoms with van der Waals surface area (Å²) in [5.74, 6) is -0.851. The molecule has 3 N–H and O–H groups in total. The number of nitrogens with one attached hydrogen (secondary N) is 3. The summed E-state index contributed by atoms with van der Waals surface area (Å²) >= 11 is 1.38. The van der Waals surface area contributed by atoms with E-state index in [1.807, 2.05) is 37.3 Å². The van der Waals surface area contributed by atoms with Crippen LogP contribution in [0, 0.1) is 13.8 Å². The highest BCUT2D eigenvalue weighted by Gasteiger charge is 2.23. The molecule has 0 fully saturated rings. The van der Waals surface area contributed by atoms with E-state index in [1.165, 1.54) is 22.5 Å². The lowest BCUT2D eigenvalue weighted by atomic mass is 10.0. The van der Waals surface area contributed by atoms with E-state index in [0.717, 1.165) is 24.4 Å². The number of anilines is 1. The van der Waals surface area contributed by atoms with Crippen molar-refractivity contribution < 1.29 is 14.4 Å². The second-order valence-electron chi connectivity index (χ2n) is 9.12. The van der Waals surface area contributed by atoms with Crippen LogP contribution in [0.3, 0.4) is 0 Å². The Balaban J connectivity index is 1.69. The van der Waals surface area contributed by atoms with Gasteiger partial charge in [0.25, 0.3) is 11.8 Å². The minimum Gasteiger partial charge on any atom is -0.352 e. The fourth-order valence-corrected chi connectivity index (χ4v) is 4.56. The predicted octanol–water partition coefficient (Wildman–Crippen LogP) is 4.42. The number of hydrogen-bond donors (Lipinski definition) is 3. The molecule has 0 unspecified atom stereocenters. The van der Waals surface area contributed by atoms with E-state index in [0.29, 0.717) is 16.1 Å². The lowest BCUT2D eigenvalue weighted by molar-refractivity contribution is -0.118. The number of carbonyl (C=O) groups is 3. The molecule has 3 amide bonds. The quantitative estimate of drug-likeness (QED) is 0.330. The fourth-order valence-electron chi connectivity index (χ4n) is 3.79. The van der Waals surface area contributed by atoms with E-state index >= 15 is 0 Å². The Kier molecular flexibility index (Phi) is 10.4. The normalized spacial score (nSPS) is 11.7. The molecule has 1 heterocycles. The molecule has 0 saturated carbocycles. The Morgan fingerprint density at radius 2 is 1.73 bits per heavy atom. The van der Waals surface area contributed by atoms with E-state index < -0.39 is 6.04 Å². The molecule has 3 aromatic rings. The van der Waals surface area contributed by atoms with Crippen molar-refractivity contribution in [3.8, 4) is 0 Å². The fraction of sp³-hybridized carbons (Fsp3) is 0.345. The van der Waals surface area contributed by atoms with Crippen LogP contribution >= 0.6 is 11.3 Å². The van der Waals surface area contributed by atoms with Crippen LogP contribution in [0.1, 0.15) is 49.4 Å². The minimum atomic E-state index is -0.818. The van der Waals surface area contributed by atoms with Crippen molar-refractivity contribution in [3.05, 3.63) is 87.1 Å². The molecule has 196 valence electrons. The maximum absolute atomic E-state index is 13.3.